The van der Waals surface area contributed by atoms with Crippen LogP contribution in [0.2, 0.25) is 0 Å². The molecule has 0 radical (unpaired) electrons. The van der Waals surface area contributed by atoms with E-state index in [-0.39, 0.29) is 17.6 Å². The highest BCUT2D eigenvalue weighted by molar-refractivity contribution is 5.12. The molecule has 0 heterocycles. The minimum absolute atomic E-state index is 0.0749. The number of aliphatic hydroxyl groups excluding tert-OH is 2. The highest BCUT2D eigenvalue weighted by Gasteiger charge is 2.63. The molecule has 0 aromatic carbocycles. The summed E-state index contributed by atoms with van der Waals surface area (Å²) in [6, 6.07) is 0. The van der Waals surface area contributed by atoms with Gasteiger partial charge < -0.3 is 10.2 Å². The second kappa shape index (κ2) is 6.76. The molecule has 10 atom stereocenters. The molecule has 0 aliphatic heterocycles. The molecule has 4 aliphatic carbocycles. The van der Waals surface area contributed by atoms with Gasteiger partial charge in [0.1, 0.15) is 0 Å². The van der Waals surface area contributed by atoms with Crippen LogP contribution in [-0.4, -0.2) is 22.4 Å². The smallest absolute Gasteiger partial charge is 0.0602 e. The zero-order chi connectivity index (χ0) is 18.7. The maximum atomic E-state index is 11.5. The van der Waals surface area contributed by atoms with Gasteiger partial charge in [-0.15, -0.1) is 0 Å². The van der Waals surface area contributed by atoms with Crippen molar-refractivity contribution in [3.05, 3.63) is 0 Å². The van der Waals surface area contributed by atoms with Crippen molar-refractivity contribution in [3.63, 3.8) is 0 Å². The van der Waals surface area contributed by atoms with Gasteiger partial charge in [-0.05, 0) is 97.7 Å². The summed E-state index contributed by atoms with van der Waals surface area (Å²) >= 11 is 0. The number of aliphatic hydroxyl groups is 2. The third-order valence-corrected chi connectivity index (χ3v) is 10.2. The van der Waals surface area contributed by atoms with Gasteiger partial charge >= 0.3 is 0 Å². The van der Waals surface area contributed by atoms with Crippen molar-refractivity contribution in [2.45, 2.75) is 104 Å². The molecule has 2 nitrogen and oxygen atoms in total. The Morgan fingerprint density at radius 2 is 1.73 bits per heavy atom. The number of fused-ring (bicyclic) bond motifs is 5. The van der Waals surface area contributed by atoms with E-state index in [4.69, 9.17) is 0 Å². The summed E-state index contributed by atoms with van der Waals surface area (Å²) in [6.45, 7) is 9.73. The summed E-state index contributed by atoms with van der Waals surface area (Å²) in [5, 5.41) is 21.7. The van der Waals surface area contributed by atoms with Crippen LogP contribution in [0.1, 0.15) is 91.9 Å². The van der Waals surface area contributed by atoms with Crippen LogP contribution >= 0.6 is 0 Å². The minimum Gasteiger partial charge on any atom is -0.393 e. The Morgan fingerprint density at radius 3 is 2.46 bits per heavy atom. The lowest BCUT2D eigenvalue weighted by Crippen LogP contribution is -2.58. The summed E-state index contributed by atoms with van der Waals surface area (Å²) in [5.41, 5.74) is 0.505. The lowest BCUT2D eigenvalue weighted by molar-refractivity contribution is -0.174. The Kier molecular flexibility index (Phi) is 5.01. The molecule has 2 heteroatoms. The van der Waals surface area contributed by atoms with Crippen molar-refractivity contribution in [2.24, 2.45) is 46.3 Å². The molecule has 0 saturated heterocycles. The van der Waals surface area contributed by atoms with E-state index in [1.54, 1.807) is 0 Å². The average Bonchev–Trinajstić information content (AvgIpc) is 2.96. The van der Waals surface area contributed by atoms with E-state index >= 15 is 0 Å². The number of hydrogen-bond donors (Lipinski definition) is 2. The van der Waals surface area contributed by atoms with Gasteiger partial charge in [-0.25, -0.2) is 0 Å². The number of hydrogen-bond acceptors (Lipinski definition) is 2. The predicted octanol–water partition coefficient (Wildman–Crippen LogP) is 5.41. The fourth-order valence-corrected chi connectivity index (χ4v) is 8.82. The minimum atomic E-state index is -0.122. The zero-order valence-electron chi connectivity index (χ0n) is 17.6. The summed E-state index contributed by atoms with van der Waals surface area (Å²) < 4.78 is 0. The molecule has 150 valence electrons. The fraction of sp³-hybridized carbons (Fsp3) is 1.00. The Bertz CT molecular complexity index is 518. The van der Waals surface area contributed by atoms with Crippen molar-refractivity contribution >= 4 is 0 Å². The van der Waals surface area contributed by atoms with Crippen LogP contribution in [0, 0.1) is 46.3 Å². The van der Waals surface area contributed by atoms with Gasteiger partial charge in [0.15, 0.2) is 0 Å². The first-order chi connectivity index (χ1) is 12.3. The predicted molar refractivity (Wildman–Crippen MR) is 107 cm³/mol. The standard InChI is InChI=1S/C24H42O2/c1-5-6-15(2)19-9-10-20-18-8-7-16-13-17(25)11-12-23(16,3)21(18)14-22(26)24(19,20)4/h15-22,25-26H,5-14H2,1-4H3/t15-,16?,17-,18?,19?,20?,21?,22+,23+,24-/m1/s1. The lowest BCUT2D eigenvalue weighted by Gasteiger charge is -2.62. The van der Waals surface area contributed by atoms with Crippen LogP contribution in [-0.2, 0) is 0 Å². The second-order valence-electron chi connectivity index (χ2n) is 11.2. The third kappa shape index (κ3) is 2.65. The average molecular weight is 363 g/mol. The Morgan fingerprint density at radius 1 is 0.962 bits per heavy atom. The maximum absolute atomic E-state index is 11.5. The highest BCUT2D eigenvalue weighted by atomic mass is 16.3. The van der Waals surface area contributed by atoms with Crippen LogP contribution in [0.15, 0.2) is 0 Å². The van der Waals surface area contributed by atoms with Gasteiger partial charge in [-0.1, -0.05) is 40.5 Å². The van der Waals surface area contributed by atoms with Gasteiger partial charge in [-0.3, -0.25) is 0 Å². The maximum Gasteiger partial charge on any atom is 0.0602 e. The zero-order valence-corrected chi connectivity index (χ0v) is 17.6. The van der Waals surface area contributed by atoms with Gasteiger partial charge in [0, 0.05) is 0 Å². The molecule has 0 aromatic heterocycles. The molecule has 4 saturated carbocycles. The van der Waals surface area contributed by atoms with Crippen LogP contribution in [0.4, 0.5) is 0 Å². The van der Waals surface area contributed by atoms with Crippen LogP contribution in [0.3, 0.4) is 0 Å². The molecule has 4 aliphatic rings. The molecular weight excluding hydrogens is 320 g/mol. The van der Waals surface area contributed by atoms with E-state index < -0.39 is 0 Å². The van der Waals surface area contributed by atoms with Gasteiger partial charge in [-0.2, -0.15) is 0 Å². The van der Waals surface area contributed by atoms with E-state index in [1.165, 1.54) is 44.9 Å². The van der Waals surface area contributed by atoms with Gasteiger partial charge in [0.05, 0.1) is 12.2 Å². The van der Waals surface area contributed by atoms with Crippen molar-refractivity contribution in [1.82, 2.24) is 0 Å². The van der Waals surface area contributed by atoms with Gasteiger partial charge in [0.2, 0.25) is 0 Å². The van der Waals surface area contributed by atoms with Gasteiger partial charge in [0.25, 0.3) is 0 Å². The molecule has 0 aromatic rings. The van der Waals surface area contributed by atoms with E-state index in [2.05, 4.69) is 27.7 Å². The lowest BCUT2D eigenvalue weighted by atomic mass is 9.43. The summed E-state index contributed by atoms with van der Waals surface area (Å²) in [7, 11) is 0. The first-order valence-electron chi connectivity index (χ1n) is 11.7. The Hall–Kier alpha value is -0.0800. The molecule has 4 fully saturated rings. The van der Waals surface area contributed by atoms with E-state index in [1.807, 2.05) is 0 Å². The van der Waals surface area contributed by atoms with E-state index in [9.17, 15) is 10.2 Å². The third-order valence-electron chi connectivity index (χ3n) is 10.2. The van der Waals surface area contributed by atoms with E-state index in [0.717, 1.165) is 37.0 Å². The van der Waals surface area contributed by atoms with E-state index in [0.29, 0.717) is 23.2 Å². The number of rotatable bonds is 3. The summed E-state index contributed by atoms with van der Waals surface area (Å²) in [4.78, 5) is 0. The van der Waals surface area contributed by atoms with Crippen molar-refractivity contribution < 1.29 is 10.2 Å². The van der Waals surface area contributed by atoms with Crippen molar-refractivity contribution in [3.8, 4) is 0 Å². The molecule has 5 unspecified atom stereocenters. The van der Waals surface area contributed by atoms with Crippen LogP contribution in [0.5, 0.6) is 0 Å². The fourth-order valence-electron chi connectivity index (χ4n) is 8.82. The normalized spacial score (nSPS) is 54.9. The first kappa shape index (κ1) is 19.2. The van der Waals surface area contributed by atoms with Crippen LogP contribution < -0.4 is 0 Å². The summed E-state index contributed by atoms with van der Waals surface area (Å²) in [5.74, 6) is 4.37. The molecule has 4 rings (SSSR count). The first-order valence-corrected chi connectivity index (χ1v) is 11.7. The van der Waals surface area contributed by atoms with Crippen molar-refractivity contribution in [2.75, 3.05) is 0 Å². The molecule has 0 amide bonds. The Balaban J connectivity index is 1.61. The topological polar surface area (TPSA) is 40.5 Å². The molecule has 26 heavy (non-hydrogen) atoms. The molecular formula is C24H42O2. The molecule has 2 N–H and O–H groups in total. The quantitative estimate of drug-likeness (QED) is 0.704. The SMILES string of the molecule is CCC[C@@H](C)C1CCC2C3CCC4C[C@H](O)CC[C@]4(C)C3C[C@H](O)[C@@]21C. The monoisotopic (exact) mass is 362 g/mol. The summed E-state index contributed by atoms with van der Waals surface area (Å²) in [6.07, 6.45) is 11.9. The largest absolute Gasteiger partial charge is 0.393 e. The second-order valence-corrected chi connectivity index (χ2v) is 11.2. The van der Waals surface area contributed by atoms with Crippen LogP contribution in [0.25, 0.3) is 0 Å². The highest BCUT2D eigenvalue weighted by Crippen LogP contribution is 2.68. The molecule has 0 bridgehead atoms. The molecule has 0 spiro atoms. The Labute approximate surface area is 161 Å². The van der Waals surface area contributed by atoms with Crippen molar-refractivity contribution in [1.29, 1.82) is 0 Å².